The van der Waals surface area contributed by atoms with Crippen LogP contribution in [0.5, 0.6) is 0 Å². The van der Waals surface area contributed by atoms with Gasteiger partial charge in [0.2, 0.25) is 0 Å². The maximum absolute atomic E-state index is 11.3. The largest absolute Gasteiger partial charge is 0.481 e. The monoisotopic (exact) mass is 257 g/mol. The first-order valence-electron chi connectivity index (χ1n) is 6.64. The van der Waals surface area contributed by atoms with E-state index in [4.69, 9.17) is 5.73 Å². The predicted molar refractivity (Wildman–Crippen MR) is 71.1 cm³/mol. The molecule has 17 heavy (non-hydrogen) atoms. The van der Waals surface area contributed by atoms with Crippen molar-refractivity contribution in [2.75, 3.05) is 12.3 Å². The molecule has 98 valence electrons. The molecule has 0 unspecified atom stereocenters. The number of thiol groups is 1. The Morgan fingerprint density at radius 3 is 1.76 bits per heavy atom. The Bertz CT molecular complexity index is 256. The average molecular weight is 257 g/mol. The van der Waals surface area contributed by atoms with Gasteiger partial charge in [0, 0.05) is 12.3 Å². The van der Waals surface area contributed by atoms with Crippen molar-refractivity contribution < 1.29 is 9.90 Å². The molecular formula is C13H23NO2S. The maximum Gasteiger partial charge on any atom is 0.309 e. The zero-order valence-corrected chi connectivity index (χ0v) is 11.2. The van der Waals surface area contributed by atoms with Gasteiger partial charge in [-0.15, -0.1) is 0 Å². The summed E-state index contributed by atoms with van der Waals surface area (Å²) in [4.78, 5) is 11.3. The van der Waals surface area contributed by atoms with Crippen LogP contribution in [0.3, 0.4) is 0 Å². The molecule has 0 amide bonds. The summed E-state index contributed by atoms with van der Waals surface area (Å²) in [7, 11) is 0. The van der Waals surface area contributed by atoms with Crippen LogP contribution in [0, 0.1) is 23.2 Å². The van der Waals surface area contributed by atoms with Crippen LogP contribution in [0.4, 0.5) is 0 Å². The van der Waals surface area contributed by atoms with E-state index in [-0.39, 0.29) is 5.41 Å². The van der Waals surface area contributed by atoms with Gasteiger partial charge in [-0.2, -0.15) is 12.6 Å². The summed E-state index contributed by atoms with van der Waals surface area (Å²) in [6.45, 7) is 0.684. The number of nitrogens with two attached hydrogens (primary N) is 1. The minimum absolute atomic E-state index is 0.283. The third-order valence-electron chi connectivity index (χ3n) is 4.62. The van der Waals surface area contributed by atoms with Gasteiger partial charge in [-0.05, 0) is 56.3 Å². The van der Waals surface area contributed by atoms with Crippen LogP contribution in [-0.4, -0.2) is 23.4 Å². The van der Waals surface area contributed by atoms with Crippen molar-refractivity contribution in [3.63, 3.8) is 0 Å². The molecule has 0 aromatic carbocycles. The summed E-state index contributed by atoms with van der Waals surface area (Å²) in [5.74, 6) is 2.54. The van der Waals surface area contributed by atoms with Crippen LogP contribution in [0.2, 0.25) is 0 Å². The van der Waals surface area contributed by atoms with Gasteiger partial charge >= 0.3 is 5.97 Å². The Balaban J connectivity index is 0.000000239. The maximum atomic E-state index is 11.3. The number of rotatable bonds is 2. The van der Waals surface area contributed by atoms with Gasteiger partial charge in [0.25, 0.3) is 0 Å². The first-order valence-corrected chi connectivity index (χ1v) is 7.27. The molecule has 0 radical (unpaired) electrons. The molecule has 0 atom stereocenters. The number of carboxylic acids is 1. The van der Waals surface area contributed by atoms with E-state index < -0.39 is 5.97 Å². The quantitative estimate of drug-likeness (QED) is 0.664. The third kappa shape index (κ3) is 2.63. The summed E-state index contributed by atoms with van der Waals surface area (Å²) in [6.07, 6.45) is 6.92. The second kappa shape index (κ2) is 5.19. The van der Waals surface area contributed by atoms with Crippen LogP contribution in [0.15, 0.2) is 0 Å². The summed E-state index contributed by atoms with van der Waals surface area (Å²) in [6, 6.07) is 0. The van der Waals surface area contributed by atoms with Crippen molar-refractivity contribution in [3.8, 4) is 0 Å². The van der Waals surface area contributed by atoms with E-state index in [1.54, 1.807) is 0 Å². The second-order valence-electron chi connectivity index (χ2n) is 6.02. The fourth-order valence-corrected chi connectivity index (χ4v) is 4.37. The topological polar surface area (TPSA) is 63.3 Å². The molecule has 0 saturated heterocycles. The standard InChI is InChI=1S/C11H16O2.C2H7NS/c12-10(13)11-4-7-1-8(5-11)3-9(2-7)6-11;3-1-2-4/h7-9H,1-6H2,(H,12,13);4H,1-3H2. The smallest absolute Gasteiger partial charge is 0.309 e. The zero-order valence-electron chi connectivity index (χ0n) is 10.3. The Hall–Kier alpha value is -0.220. The van der Waals surface area contributed by atoms with Crippen molar-refractivity contribution in [1.29, 1.82) is 0 Å². The fourth-order valence-electron chi connectivity index (χ4n) is 4.37. The summed E-state index contributed by atoms with van der Waals surface area (Å²) in [5.41, 5.74) is 4.67. The fraction of sp³-hybridized carbons (Fsp3) is 0.923. The minimum Gasteiger partial charge on any atom is -0.481 e. The number of hydrogen-bond acceptors (Lipinski definition) is 3. The molecule has 0 heterocycles. The van der Waals surface area contributed by atoms with E-state index >= 15 is 0 Å². The van der Waals surface area contributed by atoms with Crippen LogP contribution < -0.4 is 5.73 Å². The molecule has 4 aliphatic carbocycles. The Kier molecular flexibility index (Phi) is 4.03. The van der Waals surface area contributed by atoms with Crippen LogP contribution in [0.1, 0.15) is 38.5 Å². The molecule has 4 rings (SSSR count). The molecule has 4 heteroatoms. The molecule has 3 nitrogen and oxygen atoms in total. The Labute approximate surface area is 109 Å². The first-order chi connectivity index (χ1) is 8.09. The number of aliphatic carboxylic acids is 1. The van der Waals surface area contributed by atoms with E-state index in [9.17, 15) is 9.90 Å². The molecule has 4 saturated carbocycles. The Morgan fingerprint density at radius 1 is 1.18 bits per heavy atom. The van der Waals surface area contributed by atoms with Gasteiger partial charge in [-0.1, -0.05) is 0 Å². The summed E-state index contributed by atoms with van der Waals surface area (Å²) < 4.78 is 0. The molecule has 3 N–H and O–H groups in total. The van der Waals surface area contributed by atoms with Gasteiger partial charge in [0.05, 0.1) is 5.41 Å². The normalized spacial score (nSPS) is 41.9. The molecular weight excluding hydrogens is 234 g/mol. The van der Waals surface area contributed by atoms with Crippen molar-refractivity contribution in [2.24, 2.45) is 28.9 Å². The lowest BCUT2D eigenvalue weighted by atomic mass is 9.49. The van der Waals surface area contributed by atoms with Gasteiger partial charge in [0.1, 0.15) is 0 Å². The highest BCUT2D eigenvalue weighted by atomic mass is 32.1. The highest BCUT2D eigenvalue weighted by molar-refractivity contribution is 7.80. The molecule has 4 fully saturated rings. The van der Waals surface area contributed by atoms with E-state index in [0.717, 1.165) is 42.8 Å². The van der Waals surface area contributed by atoms with Crippen LogP contribution in [0.25, 0.3) is 0 Å². The van der Waals surface area contributed by atoms with Gasteiger partial charge < -0.3 is 10.8 Å². The molecule has 4 bridgehead atoms. The number of carboxylic acid groups (broad SMARTS) is 1. The molecule has 0 aromatic heterocycles. The highest BCUT2D eigenvalue weighted by Gasteiger charge is 2.54. The zero-order chi connectivity index (χ0) is 12.5. The molecule has 4 aliphatic rings. The second-order valence-corrected chi connectivity index (χ2v) is 6.46. The van der Waals surface area contributed by atoms with Gasteiger partial charge in [-0.25, -0.2) is 0 Å². The van der Waals surface area contributed by atoms with Crippen molar-refractivity contribution >= 4 is 18.6 Å². The van der Waals surface area contributed by atoms with Crippen LogP contribution in [-0.2, 0) is 4.79 Å². The summed E-state index contributed by atoms with van der Waals surface area (Å²) in [5, 5.41) is 9.28. The van der Waals surface area contributed by atoms with E-state index in [1.165, 1.54) is 19.3 Å². The van der Waals surface area contributed by atoms with Crippen molar-refractivity contribution in [3.05, 3.63) is 0 Å². The first kappa shape index (κ1) is 13.2. The molecule has 0 aliphatic heterocycles. The lowest BCUT2D eigenvalue weighted by Gasteiger charge is -2.54. The van der Waals surface area contributed by atoms with Gasteiger partial charge in [0.15, 0.2) is 0 Å². The third-order valence-corrected chi connectivity index (χ3v) is 4.88. The van der Waals surface area contributed by atoms with Crippen molar-refractivity contribution in [2.45, 2.75) is 38.5 Å². The number of carbonyl (C=O) groups is 1. The Morgan fingerprint density at radius 2 is 1.53 bits per heavy atom. The lowest BCUT2D eigenvalue weighted by molar-refractivity contribution is -0.164. The van der Waals surface area contributed by atoms with E-state index in [0.29, 0.717) is 6.54 Å². The van der Waals surface area contributed by atoms with Crippen LogP contribution >= 0.6 is 12.6 Å². The van der Waals surface area contributed by atoms with E-state index in [2.05, 4.69) is 12.6 Å². The molecule has 0 spiro atoms. The highest BCUT2D eigenvalue weighted by Crippen LogP contribution is 2.59. The summed E-state index contributed by atoms with van der Waals surface area (Å²) >= 11 is 3.80. The van der Waals surface area contributed by atoms with Gasteiger partial charge in [-0.3, -0.25) is 4.79 Å². The SMILES string of the molecule is NCCS.O=C(O)C12CC3CC(CC(C3)C1)C2. The lowest BCUT2D eigenvalue weighted by Crippen LogP contribution is -2.49. The predicted octanol–water partition coefficient (Wildman–Crippen LogP) is 2.16. The average Bonchev–Trinajstić information content (AvgIpc) is 2.27. The molecule has 0 aromatic rings. The number of hydrogen-bond donors (Lipinski definition) is 3. The van der Waals surface area contributed by atoms with E-state index in [1.807, 2.05) is 0 Å². The minimum atomic E-state index is -0.508. The van der Waals surface area contributed by atoms with Crippen molar-refractivity contribution in [1.82, 2.24) is 0 Å².